The molecule has 0 radical (unpaired) electrons. The molecule has 106 valence electrons. The molecule has 3 heteroatoms. The fourth-order valence-corrected chi connectivity index (χ4v) is 2.93. The second-order valence-corrected chi connectivity index (χ2v) is 5.89. The van der Waals surface area contributed by atoms with Crippen molar-refractivity contribution >= 4 is 11.8 Å². The van der Waals surface area contributed by atoms with E-state index >= 15 is 0 Å². The summed E-state index contributed by atoms with van der Waals surface area (Å²) in [5.74, 6) is 0.895. The van der Waals surface area contributed by atoms with Crippen LogP contribution in [0.25, 0.3) is 0 Å². The maximum atomic E-state index is 5.19. The summed E-state index contributed by atoms with van der Waals surface area (Å²) in [5, 5.41) is 3.29. The normalized spacial score (nSPS) is 12.2. The van der Waals surface area contributed by atoms with Gasteiger partial charge >= 0.3 is 0 Å². The van der Waals surface area contributed by atoms with Gasteiger partial charge in [0.15, 0.2) is 0 Å². The lowest BCUT2D eigenvalue weighted by Crippen LogP contribution is -2.23. The van der Waals surface area contributed by atoms with Crippen molar-refractivity contribution in [2.75, 3.05) is 14.2 Å². The Morgan fingerprint density at radius 2 is 1.80 bits per heavy atom. The fourth-order valence-electron chi connectivity index (χ4n) is 1.97. The van der Waals surface area contributed by atoms with Crippen molar-refractivity contribution in [2.24, 2.45) is 0 Å². The van der Waals surface area contributed by atoms with Gasteiger partial charge in [-0.15, -0.1) is 0 Å². The number of hydrogen-bond donors (Lipinski definition) is 1. The third-order valence-electron chi connectivity index (χ3n) is 3.28. The van der Waals surface area contributed by atoms with Gasteiger partial charge < -0.3 is 10.1 Å². The zero-order valence-electron chi connectivity index (χ0n) is 12.2. The first-order valence-corrected chi connectivity index (χ1v) is 7.61. The Kier molecular flexibility index (Phi) is 5.50. The fraction of sp³-hybridized carbons (Fsp3) is 0.294. The van der Waals surface area contributed by atoms with Gasteiger partial charge in [0.1, 0.15) is 5.75 Å². The smallest absolute Gasteiger partial charge is 0.118 e. The van der Waals surface area contributed by atoms with Crippen LogP contribution in [0.1, 0.15) is 12.5 Å². The van der Waals surface area contributed by atoms with Crippen LogP contribution in [0.5, 0.6) is 5.75 Å². The molecule has 0 aliphatic carbocycles. The van der Waals surface area contributed by atoms with Crippen molar-refractivity contribution < 1.29 is 4.74 Å². The lowest BCUT2D eigenvalue weighted by molar-refractivity contribution is 0.414. The first kappa shape index (κ1) is 14.9. The predicted octanol–water partition coefficient (Wildman–Crippen LogP) is 4.00. The van der Waals surface area contributed by atoms with Crippen LogP contribution in [0.15, 0.2) is 58.3 Å². The van der Waals surface area contributed by atoms with Crippen LogP contribution in [0.2, 0.25) is 0 Å². The maximum Gasteiger partial charge on any atom is 0.118 e. The second kappa shape index (κ2) is 7.36. The number of benzene rings is 2. The average Bonchev–Trinajstić information content (AvgIpc) is 2.50. The molecule has 1 unspecified atom stereocenters. The molecule has 0 saturated heterocycles. The number of likely N-dealkylation sites (N-methyl/N-ethyl adjacent to an activating group) is 1. The van der Waals surface area contributed by atoms with Gasteiger partial charge in [0, 0.05) is 15.8 Å². The molecule has 1 atom stereocenters. The summed E-state index contributed by atoms with van der Waals surface area (Å²) in [6, 6.07) is 17.3. The van der Waals surface area contributed by atoms with Crippen LogP contribution in [0.3, 0.4) is 0 Å². The number of hydrogen-bond acceptors (Lipinski definition) is 3. The molecule has 0 heterocycles. The van der Waals surface area contributed by atoms with Crippen molar-refractivity contribution in [3.05, 3.63) is 54.1 Å². The van der Waals surface area contributed by atoms with E-state index in [-0.39, 0.29) is 0 Å². The molecule has 1 N–H and O–H groups in total. The molecule has 0 fully saturated rings. The molecule has 0 aliphatic heterocycles. The first-order valence-electron chi connectivity index (χ1n) is 6.80. The largest absolute Gasteiger partial charge is 0.497 e. The highest BCUT2D eigenvalue weighted by atomic mass is 32.2. The molecule has 0 aromatic heterocycles. The van der Waals surface area contributed by atoms with Crippen LogP contribution in [-0.2, 0) is 6.42 Å². The van der Waals surface area contributed by atoms with E-state index in [1.165, 1.54) is 15.4 Å². The molecule has 2 nitrogen and oxygen atoms in total. The first-order chi connectivity index (χ1) is 9.72. The summed E-state index contributed by atoms with van der Waals surface area (Å²) >= 11 is 1.80. The van der Waals surface area contributed by atoms with E-state index < -0.39 is 0 Å². The minimum absolute atomic E-state index is 0.479. The molecule has 2 aromatic rings. The third-order valence-corrected chi connectivity index (χ3v) is 4.40. The van der Waals surface area contributed by atoms with Gasteiger partial charge in [-0.1, -0.05) is 30.0 Å². The van der Waals surface area contributed by atoms with Crippen LogP contribution < -0.4 is 10.1 Å². The van der Waals surface area contributed by atoms with E-state index in [9.17, 15) is 0 Å². The summed E-state index contributed by atoms with van der Waals surface area (Å²) in [5.41, 5.74) is 1.38. The second-order valence-electron chi connectivity index (χ2n) is 4.78. The van der Waals surface area contributed by atoms with Gasteiger partial charge in [0.25, 0.3) is 0 Å². The Balaban J connectivity index is 2.15. The molecule has 0 spiro atoms. The quantitative estimate of drug-likeness (QED) is 0.868. The van der Waals surface area contributed by atoms with Crippen LogP contribution in [-0.4, -0.2) is 20.2 Å². The third kappa shape index (κ3) is 4.02. The molecule has 0 aliphatic rings. The molecule has 0 bridgehead atoms. The van der Waals surface area contributed by atoms with Crippen molar-refractivity contribution in [1.82, 2.24) is 5.32 Å². The number of nitrogens with one attached hydrogen (secondary N) is 1. The van der Waals surface area contributed by atoms with Crippen molar-refractivity contribution in [1.29, 1.82) is 0 Å². The molecule has 2 rings (SSSR count). The minimum atomic E-state index is 0.479. The van der Waals surface area contributed by atoms with Crippen molar-refractivity contribution in [3.8, 4) is 5.75 Å². The Hall–Kier alpha value is -1.45. The lowest BCUT2D eigenvalue weighted by atomic mass is 10.1. The monoisotopic (exact) mass is 287 g/mol. The topological polar surface area (TPSA) is 21.3 Å². The van der Waals surface area contributed by atoms with E-state index in [0.29, 0.717) is 6.04 Å². The van der Waals surface area contributed by atoms with E-state index in [4.69, 9.17) is 4.74 Å². The van der Waals surface area contributed by atoms with Gasteiger partial charge in [-0.2, -0.15) is 0 Å². The van der Waals surface area contributed by atoms with E-state index in [1.54, 1.807) is 18.9 Å². The molecular weight excluding hydrogens is 266 g/mol. The van der Waals surface area contributed by atoms with Crippen LogP contribution >= 0.6 is 11.8 Å². The highest BCUT2D eigenvalue weighted by Gasteiger charge is 2.07. The zero-order chi connectivity index (χ0) is 14.4. The number of ether oxygens (including phenoxy) is 1. The Morgan fingerprint density at radius 3 is 2.45 bits per heavy atom. The summed E-state index contributed by atoms with van der Waals surface area (Å²) in [4.78, 5) is 2.55. The van der Waals surface area contributed by atoms with Crippen molar-refractivity contribution in [2.45, 2.75) is 29.2 Å². The van der Waals surface area contributed by atoms with E-state index in [1.807, 2.05) is 19.2 Å². The number of methoxy groups -OCH3 is 1. The van der Waals surface area contributed by atoms with Gasteiger partial charge in [-0.3, -0.25) is 0 Å². The average molecular weight is 287 g/mol. The van der Waals surface area contributed by atoms with Crippen molar-refractivity contribution in [3.63, 3.8) is 0 Å². The molecule has 20 heavy (non-hydrogen) atoms. The van der Waals surface area contributed by atoms with Gasteiger partial charge in [-0.25, -0.2) is 0 Å². The summed E-state index contributed by atoms with van der Waals surface area (Å²) < 4.78 is 5.19. The van der Waals surface area contributed by atoms with E-state index in [2.05, 4.69) is 48.6 Å². The summed E-state index contributed by atoms with van der Waals surface area (Å²) in [7, 11) is 3.69. The maximum absolute atomic E-state index is 5.19. The van der Waals surface area contributed by atoms with Crippen LogP contribution in [0, 0.1) is 0 Å². The summed E-state index contributed by atoms with van der Waals surface area (Å²) in [6.07, 6.45) is 1.04. The highest BCUT2D eigenvalue weighted by molar-refractivity contribution is 7.99. The predicted molar refractivity (Wildman–Crippen MR) is 85.8 cm³/mol. The SMILES string of the molecule is CNC(C)Cc1ccccc1Sc1ccc(OC)cc1. The Labute approximate surface area is 125 Å². The molecule has 0 saturated carbocycles. The molecule has 0 amide bonds. The Morgan fingerprint density at radius 1 is 1.10 bits per heavy atom. The molecule has 2 aromatic carbocycles. The van der Waals surface area contributed by atoms with Gasteiger partial charge in [0.2, 0.25) is 0 Å². The van der Waals surface area contributed by atoms with Gasteiger partial charge in [-0.05, 0) is 56.3 Å². The van der Waals surface area contributed by atoms with Gasteiger partial charge in [0.05, 0.1) is 7.11 Å². The number of rotatable bonds is 6. The highest BCUT2D eigenvalue weighted by Crippen LogP contribution is 2.31. The standard InChI is InChI=1S/C17H21NOS/c1-13(18-2)12-14-6-4-5-7-17(14)20-16-10-8-15(19-3)9-11-16/h4-11,13,18H,12H2,1-3H3. The summed E-state index contributed by atoms with van der Waals surface area (Å²) in [6.45, 7) is 2.20. The zero-order valence-corrected chi connectivity index (χ0v) is 13.0. The Bertz CT molecular complexity index is 539. The minimum Gasteiger partial charge on any atom is -0.497 e. The van der Waals surface area contributed by atoms with Crippen LogP contribution in [0.4, 0.5) is 0 Å². The molecular formula is C17H21NOS. The lowest BCUT2D eigenvalue weighted by Gasteiger charge is -2.14. The van der Waals surface area contributed by atoms with E-state index in [0.717, 1.165) is 12.2 Å².